The van der Waals surface area contributed by atoms with Crippen LogP contribution >= 0.6 is 0 Å². The quantitative estimate of drug-likeness (QED) is 0.823. The number of carbonyl (C=O) groups excluding carboxylic acids is 2. The molecule has 0 unspecified atom stereocenters. The SMILES string of the molecule is CC(C)[C@H](C(=O)O)N1CC(=O)Nc2ccc(Oc3ccc(F)cc3)cc2C1=O. The maximum Gasteiger partial charge on any atom is 0.326 e. The lowest BCUT2D eigenvalue weighted by Gasteiger charge is -2.29. The predicted octanol–water partition coefficient (Wildman–Crippen LogP) is 3.12. The summed E-state index contributed by atoms with van der Waals surface area (Å²) >= 11 is 0. The molecule has 0 aliphatic carbocycles. The zero-order valence-corrected chi connectivity index (χ0v) is 15.3. The van der Waals surface area contributed by atoms with Crippen LogP contribution in [0.1, 0.15) is 24.2 Å². The first-order chi connectivity index (χ1) is 13.3. The van der Waals surface area contributed by atoms with Gasteiger partial charge in [0, 0.05) is 0 Å². The predicted molar refractivity (Wildman–Crippen MR) is 98.8 cm³/mol. The van der Waals surface area contributed by atoms with Crippen LogP contribution in [0.4, 0.5) is 10.1 Å². The fourth-order valence-electron chi connectivity index (χ4n) is 3.09. The Morgan fingerprint density at radius 1 is 1.14 bits per heavy atom. The minimum atomic E-state index is -1.18. The normalized spacial score (nSPS) is 14.9. The van der Waals surface area contributed by atoms with E-state index in [4.69, 9.17) is 4.74 Å². The number of carbonyl (C=O) groups is 3. The molecule has 1 aliphatic rings. The van der Waals surface area contributed by atoms with Crippen molar-refractivity contribution in [3.05, 3.63) is 53.8 Å². The Balaban J connectivity index is 1.97. The highest BCUT2D eigenvalue weighted by Gasteiger charge is 2.37. The fourth-order valence-corrected chi connectivity index (χ4v) is 3.09. The van der Waals surface area contributed by atoms with Crippen LogP contribution in [-0.4, -0.2) is 40.4 Å². The number of nitrogens with zero attached hydrogens (tertiary/aromatic N) is 1. The van der Waals surface area contributed by atoms with Gasteiger partial charge in [0.15, 0.2) is 0 Å². The van der Waals surface area contributed by atoms with Crippen molar-refractivity contribution in [3.63, 3.8) is 0 Å². The standard InChI is InChI=1S/C20H19FN2O5/c1-11(2)18(20(26)27)23-10-17(24)22-16-8-7-14(9-15(16)19(23)25)28-13-5-3-12(21)4-6-13/h3-9,11,18H,10H2,1-2H3,(H,22,24)(H,26,27)/t18-/m1/s1. The van der Waals surface area contributed by atoms with E-state index in [1.807, 2.05) is 0 Å². The summed E-state index contributed by atoms with van der Waals surface area (Å²) in [5.74, 6) is -2.38. The Morgan fingerprint density at radius 2 is 1.79 bits per heavy atom. The summed E-state index contributed by atoms with van der Waals surface area (Å²) < 4.78 is 18.7. The van der Waals surface area contributed by atoms with Gasteiger partial charge in [0.05, 0.1) is 11.3 Å². The number of hydrogen-bond acceptors (Lipinski definition) is 4. The van der Waals surface area contributed by atoms with Crippen molar-refractivity contribution in [3.8, 4) is 11.5 Å². The third-order valence-corrected chi connectivity index (χ3v) is 4.34. The number of ether oxygens (including phenoxy) is 1. The van der Waals surface area contributed by atoms with Crippen LogP contribution in [0.3, 0.4) is 0 Å². The van der Waals surface area contributed by atoms with Gasteiger partial charge in [0.25, 0.3) is 5.91 Å². The molecule has 28 heavy (non-hydrogen) atoms. The second-order valence-corrected chi connectivity index (χ2v) is 6.77. The van der Waals surface area contributed by atoms with E-state index in [1.54, 1.807) is 19.9 Å². The second kappa shape index (κ2) is 7.67. The zero-order valence-electron chi connectivity index (χ0n) is 15.3. The average molecular weight is 386 g/mol. The molecule has 2 aromatic carbocycles. The number of carboxylic acids is 1. The summed E-state index contributed by atoms with van der Waals surface area (Å²) in [6.45, 7) is 2.98. The van der Waals surface area contributed by atoms with Crippen LogP contribution in [0.25, 0.3) is 0 Å². The van der Waals surface area contributed by atoms with Crippen molar-refractivity contribution in [1.82, 2.24) is 4.90 Å². The van der Waals surface area contributed by atoms with Gasteiger partial charge in [-0.3, -0.25) is 9.59 Å². The number of amides is 2. The van der Waals surface area contributed by atoms with Gasteiger partial charge in [-0.05, 0) is 48.4 Å². The molecule has 3 rings (SSSR count). The van der Waals surface area contributed by atoms with Crippen LogP contribution in [0.5, 0.6) is 11.5 Å². The number of carboxylic acid groups (broad SMARTS) is 1. The highest BCUT2D eigenvalue weighted by atomic mass is 19.1. The van der Waals surface area contributed by atoms with Crippen LogP contribution in [0, 0.1) is 11.7 Å². The maximum atomic E-state index is 13.0. The lowest BCUT2D eigenvalue weighted by Crippen LogP contribution is -2.49. The van der Waals surface area contributed by atoms with Crippen LogP contribution < -0.4 is 10.1 Å². The largest absolute Gasteiger partial charge is 0.480 e. The molecule has 7 nitrogen and oxygen atoms in total. The van der Waals surface area contributed by atoms with Crippen LogP contribution in [-0.2, 0) is 9.59 Å². The Labute approximate surface area is 160 Å². The highest BCUT2D eigenvalue weighted by molar-refractivity contribution is 6.09. The van der Waals surface area contributed by atoms with Crippen molar-refractivity contribution in [1.29, 1.82) is 0 Å². The topological polar surface area (TPSA) is 95.9 Å². The lowest BCUT2D eigenvalue weighted by atomic mass is 10.0. The first-order valence-corrected chi connectivity index (χ1v) is 8.67. The van der Waals surface area contributed by atoms with Gasteiger partial charge in [-0.15, -0.1) is 0 Å². The van der Waals surface area contributed by atoms with E-state index in [0.717, 1.165) is 4.90 Å². The second-order valence-electron chi connectivity index (χ2n) is 6.77. The first-order valence-electron chi connectivity index (χ1n) is 8.67. The summed E-state index contributed by atoms with van der Waals surface area (Å²) in [5.41, 5.74) is 0.397. The van der Waals surface area contributed by atoms with Gasteiger partial charge < -0.3 is 20.1 Å². The molecule has 0 saturated heterocycles. The Kier molecular flexibility index (Phi) is 5.30. The number of nitrogens with one attached hydrogen (secondary N) is 1. The molecule has 2 N–H and O–H groups in total. The van der Waals surface area contributed by atoms with Crippen molar-refractivity contribution >= 4 is 23.5 Å². The van der Waals surface area contributed by atoms with E-state index in [2.05, 4.69) is 5.32 Å². The number of rotatable bonds is 5. The summed E-state index contributed by atoms with van der Waals surface area (Å²) in [4.78, 5) is 38.0. The lowest BCUT2D eigenvalue weighted by molar-refractivity contribution is -0.144. The van der Waals surface area contributed by atoms with E-state index < -0.39 is 35.6 Å². The third-order valence-electron chi connectivity index (χ3n) is 4.34. The minimum absolute atomic E-state index is 0.123. The van der Waals surface area contributed by atoms with E-state index >= 15 is 0 Å². The van der Waals surface area contributed by atoms with Crippen LogP contribution in [0.2, 0.25) is 0 Å². The van der Waals surface area contributed by atoms with E-state index in [1.165, 1.54) is 36.4 Å². The summed E-state index contributed by atoms with van der Waals surface area (Å²) in [6, 6.07) is 8.72. The van der Waals surface area contributed by atoms with Crippen LogP contribution in [0.15, 0.2) is 42.5 Å². The van der Waals surface area contributed by atoms with Gasteiger partial charge in [0.2, 0.25) is 5.91 Å². The maximum absolute atomic E-state index is 13.0. The number of benzene rings is 2. The minimum Gasteiger partial charge on any atom is -0.480 e. The first kappa shape index (κ1) is 19.3. The average Bonchev–Trinajstić information content (AvgIpc) is 2.74. The van der Waals surface area contributed by atoms with E-state index in [-0.39, 0.29) is 17.8 Å². The molecular weight excluding hydrogens is 367 g/mol. The highest BCUT2D eigenvalue weighted by Crippen LogP contribution is 2.30. The summed E-state index contributed by atoms with van der Waals surface area (Å²) in [7, 11) is 0. The smallest absolute Gasteiger partial charge is 0.326 e. The molecule has 2 amide bonds. The summed E-state index contributed by atoms with van der Waals surface area (Å²) in [5, 5.41) is 12.1. The van der Waals surface area contributed by atoms with E-state index in [0.29, 0.717) is 11.5 Å². The van der Waals surface area contributed by atoms with Gasteiger partial charge in [-0.1, -0.05) is 13.8 Å². The Morgan fingerprint density at radius 3 is 2.39 bits per heavy atom. The molecule has 1 atom stereocenters. The number of fused-ring (bicyclic) bond motifs is 1. The molecule has 8 heteroatoms. The Hall–Kier alpha value is -3.42. The number of hydrogen-bond donors (Lipinski definition) is 2. The summed E-state index contributed by atoms with van der Waals surface area (Å²) in [6.07, 6.45) is 0. The molecule has 0 saturated carbocycles. The molecule has 0 radical (unpaired) electrons. The van der Waals surface area contributed by atoms with Crippen molar-refractivity contribution < 1.29 is 28.6 Å². The molecule has 2 aromatic rings. The van der Waals surface area contributed by atoms with E-state index in [9.17, 15) is 23.9 Å². The molecular formula is C20H19FN2O5. The van der Waals surface area contributed by atoms with Crippen molar-refractivity contribution in [2.24, 2.45) is 5.92 Å². The third kappa shape index (κ3) is 3.95. The molecule has 146 valence electrons. The number of halogens is 1. The van der Waals surface area contributed by atoms with Gasteiger partial charge in [0.1, 0.15) is 29.9 Å². The molecule has 0 bridgehead atoms. The zero-order chi connectivity index (χ0) is 20.4. The molecule has 1 aliphatic heterocycles. The molecule has 0 fully saturated rings. The Bertz CT molecular complexity index is 927. The number of aliphatic carboxylic acids is 1. The van der Waals surface area contributed by atoms with Gasteiger partial charge in [-0.25, -0.2) is 9.18 Å². The molecule has 0 spiro atoms. The molecule has 1 heterocycles. The fraction of sp³-hybridized carbons (Fsp3) is 0.250. The van der Waals surface area contributed by atoms with Gasteiger partial charge >= 0.3 is 5.97 Å². The number of anilines is 1. The monoisotopic (exact) mass is 386 g/mol. The van der Waals surface area contributed by atoms with Gasteiger partial charge in [-0.2, -0.15) is 0 Å². The van der Waals surface area contributed by atoms with Crippen molar-refractivity contribution in [2.45, 2.75) is 19.9 Å². The van der Waals surface area contributed by atoms with Crippen molar-refractivity contribution in [2.75, 3.05) is 11.9 Å². The molecule has 0 aromatic heterocycles.